The molecular weight excluding hydrogens is 123 g/mol. The number of hydrogen-bond acceptors (Lipinski definition) is 1. The molecule has 0 aliphatic carbocycles. The minimum atomic E-state index is 0. The van der Waals surface area contributed by atoms with Crippen molar-refractivity contribution in [3.8, 4) is 0 Å². The largest absolute Gasteiger partial charge is 1.00 e. The molecule has 2 heteroatoms. The van der Waals surface area contributed by atoms with Crippen LogP contribution < -0.4 is 29.6 Å². The smallest absolute Gasteiger partial charge is 1.00 e. The second-order valence-corrected chi connectivity index (χ2v) is 1.74. The Morgan fingerprint density at radius 3 is 2.33 bits per heavy atom. The van der Waals surface area contributed by atoms with Crippen molar-refractivity contribution in [2.75, 3.05) is 0 Å². The summed E-state index contributed by atoms with van der Waals surface area (Å²) in [5, 5.41) is 0. The molecule has 0 N–H and O–H groups in total. The second-order valence-electron chi connectivity index (χ2n) is 1.74. The van der Waals surface area contributed by atoms with E-state index in [-0.39, 0.29) is 31.0 Å². The van der Waals surface area contributed by atoms with E-state index in [1.165, 1.54) is 0 Å². The average Bonchev–Trinajstić information content (AvgIpc) is 1.81. The number of allylic oxidation sites excluding steroid dienone is 1. The van der Waals surface area contributed by atoms with Crippen molar-refractivity contribution >= 4 is 6.29 Å². The number of rotatable bonds is 5. The van der Waals surface area contributed by atoms with Crippen molar-refractivity contribution in [3.05, 3.63) is 12.7 Å². The number of carbonyl (C=O) groups excluding carboxylic acids is 1. The van der Waals surface area contributed by atoms with Crippen LogP contribution in [0.5, 0.6) is 0 Å². The summed E-state index contributed by atoms with van der Waals surface area (Å²) >= 11 is 0. The van der Waals surface area contributed by atoms with E-state index >= 15 is 0 Å². The fourth-order valence-corrected chi connectivity index (χ4v) is 0.516. The van der Waals surface area contributed by atoms with Crippen LogP contribution in [0.3, 0.4) is 0 Å². The Morgan fingerprint density at radius 1 is 1.33 bits per heavy atom. The molecule has 0 aliphatic rings. The molecule has 0 amide bonds. The van der Waals surface area contributed by atoms with Gasteiger partial charge in [0.1, 0.15) is 6.29 Å². The van der Waals surface area contributed by atoms with E-state index in [0.717, 1.165) is 25.5 Å². The molecule has 1 nitrogen and oxygen atoms in total. The Hall–Kier alpha value is 0.410. The van der Waals surface area contributed by atoms with Crippen molar-refractivity contribution in [1.29, 1.82) is 0 Å². The minimum absolute atomic E-state index is 0. The van der Waals surface area contributed by atoms with Gasteiger partial charge >= 0.3 is 29.6 Å². The van der Waals surface area contributed by atoms with Gasteiger partial charge in [-0.25, -0.2) is 0 Å². The molecule has 0 aliphatic heterocycles. The first-order chi connectivity index (χ1) is 3.91. The van der Waals surface area contributed by atoms with Crippen molar-refractivity contribution in [2.45, 2.75) is 25.7 Å². The summed E-state index contributed by atoms with van der Waals surface area (Å²) in [6.07, 6.45) is 6.69. The van der Waals surface area contributed by atoms with Crippen LogP contribution in [-0.2, 0) is 4.79 Å². The van der Waals surface area contributed by atoms with E-state index in [0.29, 0.717) is 6.42 Å². The van der Waals surface area contributed by atoms with Gasteiger partial charge in [0.25, 0.3) is 0 Å². The maximum absolute atomic E-state index is 9.74. The maximum atomic E-state index is 9.74. The number of aldehydes is 1. The van der Waals surface area contributed by atoms with Crippen LogP contribution >= 0.6 is 0 Å². The van der Waals surface area contributed by atoms with Gasteiger partial charge in [0, 0.05) is 6.42 Å². The third kappa shape index (κ3) is 11.8. The first-order valence-corrected chi connectivity index (χ1v) is 2.96. The third-order valence-electron chi connectivity index (χ3n) is 0.980. The molecule has 0 rings (SSSR count). The maximum Gasteiger partial charge on any atom is 1.00 e. The standard InChI is InChI=1S/C7H12O.Na.H/c1-2-3-4-5-6-7-8;;/h2,7H,1,3-6H2;;/q;+1;-1. The van der Waals surface area contributed by atoms with Crippen LogP contribution in [0, 0.1) is 0 Å². The molecule has 0 radical (unpaired) electrons. The van der Waals surface area contributed by atoms with Gasteiger partial charge in [-0.15, -0.1) is 6.58 Å². The van der Waals surface area contributed by atoms with E-state index in [2.05, 4.69) is 6.58 Å². The molecule has 0 saturated carbocycles. The monoisotopic (exact) mass is 136 g/mol. The molecule has 48 valence electrons. The molecule has 0 saturated heterocycles. The molecule has 0 aromatic rings. The molecule has 0 aromatic heterocycles. The van der Waals surface area contributed by atoms with Gasteiger partial charge in [-0.2, -0.15) is 0 Å². The summed E-state index contributed by atoms with van der Waals surface area (Å²) in [7, 11) is 0. The Labute approximate surface area is 80.3 Å². The van der Waals surface area contributed by atoms with E-state index in [4.69, 9.17) is 0 Å². The predicted molar refractivity (Wildman–Crippen MR) is 35.8 cm³/mol. The average molecular weight is 136 g/mol. The first-order valence-electron chi connectivity index (χ1n) is 2.96. The Kier molecular flexibility index (Phi) is 15.1. The van der Waals surface area contributed by atoms with Crippen LogP contribution in [-0.4, -0.2) is 6.29 Å². The number of carbonyl (C=O) groups is 1. The molecule has 0 heterocycles. The van der Waals surface area contributed by atoms with Gasteiger partial charge in [0.15, 0.2) is 0 Å². The van der Waals surface area contributed by atoms with E-state index in [1.807, 2.05) is 6.08 Å². The van der Waals surface area contributed by atoms with Crippen molar-refractivity contribution < 1.29 is 35.8 Å². The van der Waals surface area contributed by atoms with Gasteiger partial charge in [-0.3, -0.25) is 0 Å². The Morgan fingerprint density at radius 2 is 1.89 bits per heavy atom. The number of hydrogen-bond donors (Lipinski definition) is 0. The summed E-state index contributed by atoms with van der Waals surface area (Å²) in [4.78, 5) is 9.74. The van der Waals surface area contributed by atoms with Gasteiger partial charge in [0.05, 0.1) is 0 Å². The topological polar surface area (TPSA) is 17.1 Å². The summed E-state index contributed by atoms with van der Waals surface area (Å²) in [5.74, 6) is 0. The zero-order valence-corrected chi connectivity index (χ0v) is 8.10. The fraction of sp³-hybridized carbons (Fsp3) is 0.571. The molecule has 0 aromatic carbocycles. The molecule has 0 atom stereocenters. The minimum Gasteiger partial charge on any atom is -1.00 e. The van der Waals surface area contributed by atoms with Crippen molar-refractivity contribution in [2.24, 2.45) is 0 Å². The van der Waals surface area contributed by atoms with Gasteiger partial charge in [-0.1, -0.05) is 6.08 Å². The third-order valence-corrected chi connectivity index (χ3v) is 0.980. The molecular formula is C7H13NaO. The van der Waals surface area contributed by atoms with Gasteiger partial charge in [0.2, 0.25) is 0 Å². The molecule has 0 unspecified atom stereocenters. The zero-order chi connectivity index (χ0) is 6.24. The van der Waals surface area contributed by atoms with Crippen LogP contribution in [0.1, 0.15) is 27.1 Å². The van der Waals surface area contributed by atoms with Crippen molar-refractivity contribution in [1.82, 2.24) is 0 Å². The Bertz CT molecular complexity index is 66.0. The summed E-state index contributed by atoms with van der Waals surface area (Å²) in [6, 6.07) is 0. The van der Waals surface area contributed by atoms with Crippen molar-refractivity contribution in [3.63, 3.8) is 0 Å². The fourth-order valence-electron chi connectivity index (χ4n) is 0.516. The van der Waals surface area contributed by atoms with E-state index in [9.17, 15) is 4.79 Å². The van der Waals surface area contributed by atoms with Crippen LogP contribution in [0.2, 0.25) is 0 Å². The predicted octanol–water partition coefficient (Wildman–Crippen LogP) is -0.952. The zero-order valence-electron chi connectivity index (χ0n) is 7.10. The summed E-state index contributed by atoms with van der Waals surface area (Å²) in [6.45, 7) is 3.57. The molecule has 9 heavy (non-hydrogen) atoms. The van der Waals surface area contributed by atoms with Crippen LogP contribution in [0.15, 0.2) is 12.7 Å². The first kappa shape index (κ1) is 12.1. The molecule has 0 bridgehead atoms. The van der Waals surface area contributed by atoms with Gasteiger partial charge < -0.3 is 6.22 Å². The SMILES string of the molecule is C=CCCCCC=O.[H-].[Na+]. The van der Waals surface area contributed by atoms with E-state index < -0.39 is 0 Å². The Balaban J connectivity index is -0.000000245. The van der Waals surface area contributed by atoms with Gasteiger partial charge in [-0.05, 0) is 19.3 Å². The summed E-state index contributed by atoms with van der Waals surface area (Å²) in [5.41, 5.74) is 0. The normalized spacial score (nSPS) is 7.56. The molecule has 0 fully saturated rings. The number of unbranched alkanes of at least 4 members (excludes halogenated alkanes) is 3. The van der Waals surface area contributed by atoms with Crippen LogP contribution in [0.25, 0.3) is 0 Å². The molecule has 0 spiro atoms. The summed E-state index contributed by atoms with van der Waals surface area (Å²) < 4.78 is 0. The van der Waals surface area contributed by atoms with Crippen LogP contribution in [0.4, 0.5) is 0 Å². The quantitative estimate of drug-likeness (QED) is 0.206. The second kappa shape index (κ2) is 11.2. The van der Waals surface area contributed by atoms with E-state index in [1.54, 1.807) is 0 Å².